The highest BCUT2D eigenvalue weighted by atomic mass is 32.2. The molecule has 0 radical (unpaired) electrons. The van der Waals surface area contributed by atoms with Gasteiger partial charge >= 0.3 is 0 Å². The summed E-state index contributed by atoms with van der Waals surface area (Å²) in [6.07, 6.45) is 0. The first-order chi connectivity index (χ1) is 15.0. The highest BCUT2D eigenvalue weighted by Gasteiger charge is 2.35. The van der Waals surface area contributed by atoms with Gasteiger partial charge in [-0.1, -0.05) is 0 Å². The van der Waals surface area contributed by atoms with Gasteiger partial charge in [-0.3, -0.25) is 4.79 Å². The van der Waals surface area contributed by atoms with E-state index >= 15 is 0 Å². The molecule has 2 heterocycles. The minimum Gasteiger partial charge on any atom is -0.490 e. The molecular formula is C22H31N3O6S. The molecule has 0 spiro atoms. The number of hydrogen-bond acceptors (Lipinski definition) is 7. The molecule has 2 aromatic rings. The maximum atomic E-state index is 13.3. The molecule has 0 aliphatic carbocycles. The fourth-order valence-corrected chi connectivity index (χ4v) is 5.05. The van der Waals surface area contributed by atoms with Crippen LogP contribution in [0.5, 0.6) is 17.2 Å². The SMILES string of the molecule is CCOc1cc(C(=O)Nc2c3c(nn2C(C)(C)C)CS(=O)(=O)C3)cc(OCC)c1OCC. The van der Waals surface area contributed by atoms with Gasteiger partial charge in [0, 0.05) is 11.1 Å². The second kappa shape index (κ2) is 9.01. The number of sulfone groups is 1. The zero-order valence-corrected chi connectivity index (χ0v) is 20.3. The van der Waals surface area contributed by atoms with Crippen LogP contribution in [-0.4, -0.2) is 43.9 Å². The number of ether oxygens (including phenoxy) is 3. The van der Waals surface area contributed by atoms with Crippen molar-refractivity contribution in [2.75, 3.05) is 25.1 Å². The van der Waals surface area contributed by atoms with Crippen molar-refractivity contribution in [2.24, 2.45) is 0 Å². The topological polar surface area (TPSA) is 109 Å². The molecule has 0 atom stereocenters. The number of carbonyl (C=O) groups excluding carboxylic acids is 1. The first kappa shape index (κ1) is 23.9. The van der Waals surface area contributed by atoms with Crippen LogP contribution in [0.25, 0.3) is 0 Å². The lowest BCUT2D eigenvalue weighted by atomic mass is 10.1. The lowest BCUT2D eigenvalue weighted by Crippen LogP contribution is -2.27. The fraction of sp³-hybridized carbons (Fsp3) is 0.545. The van der Waals surface area contributed by atoms with Crippen molar-refractivity contribution < 1.29 is 27.4 Å². The summed E-state index contributed by atoms with van der Waals surface area (Å²) in [6, 6.07) is 3.20. The quantitative estimate of drug-likeness (QED) is 0.635. The summed E-state index contributed by atoms with van der Waals surface area (Å²) < 4.78 is 43.1. The summed E-state index contributed by atoms with van der Waals surface area (Å²) in [4.78, 5) is 13.3. The van der Waals surface area contributed by atoms with Crippen molar-refractivity contribution in [1.82, 2.24) is 9.78 Å². The van der Waals surface area contributed by atoms with E-state index in [2.05, 4.69) is 10.4 Å². The molecule has 1 N–H and O–H groups in total. The van der Waals surface area contributed by atoms with Crippen LogP contribution in [0.3, 0.4) is 0 Å². The number of nitrogens with one attached hydrogen (secondary N) is 1. The average molecular weight is 466 g/mol. The van der Waals surface area contributed by atoms with Gasteiger partial charge in [0.25, 0.3) is 5.91 Å². The number of fused-ring (bicyclic) bond motifs is 1. The van der Waals surface area contributed by atoms with Crippen LogP contribution in [0.15, 0.2) is 12.1 Å². The first-order valence-corrected chi connectivity index (χ1v) is 12.5. The van der Waals surface area contributed by atoms with Gasteiger partial charge in [-0.15, -0.1) is 0 Å². The fourth-order valence-electron chi connectivity index (χ4n) is 3.56. The summed E-state index contributed by atoms with van der Waals surface area (Å²) in [5, 5.41) is 7.38. The van der Waals surface area contributed by atoms with E-state index < -0.39 is 21.3 Å². The van der Waals surface area contributed by atoms with Crippen LogP contribution in [0.1, 0.15) is 63.2 Å². The predicted octanol–water partition coefficient (Wildman–Crippen LogP) is 3.51. The van der Waals surface area contributed by atoms with Crippen LogP contribution >= 0.6 is 0 Å². The monoisotopic (exact) mass is 465 g/mol. The Bertz CT molecular complexity index is 1090. The van der Waals surface area contributed by atoms with E-state index in [-0.39, 0.29) is 11.5 Å². The summed E-state index contributed by atoms with van der Waals surface area (Å²) in [5.41, 5.74) is 0.862. The van der Waals surface area contributed by atoms with Crippen molar-refractivity contribution in [3.63, 3.8) is 0 Å². The highest BCUT2D eigenvalue weighted by molar-refractivity contribution is 7.90. The zero-order valence-electron chi connectivity index (χ0n) is 19.4. The second-order valence-corrected chi connectivity index (χ2v) is 10.5. The van der Waals surface area contributed by atoms with Crippen LogP contribution in [-0.2, 0) is 26.9 Å². The minimum atomic E-state index is -3.27. The van der Waals surface area contributed by atoms with Crippen LogP contribution < -0.4 is 19.5 Å². The van der Waals surface area contributed by atoms with Crippen molar-refractivity contribution in [2.45, 2.75) is 58.6 Å². The summed E-state index contributed by atoms with van der Waals surface area (Å²) >= 11 is 0. The van der Waals surface area contributed by atoms with Gasteiger partial charge in [0.2, 0.25) is 5.75 Å². The molecule has 0 saturated heterocycles. The van der Waals surface area contributed by atoms with Crippen molar-refractivity contribution in [3.8, 4) is 17.2 Å². The summed E-state index contributed by atoms with van der Waals surface area (Å²) in [7, 11) is -3.27. The molecule has 32 heavy (non-hydrogen) atoms. The van der Waals surface area contributed by atoms with Crippen molar-refractivity contribution in [3.05, 3.63) is 29.0 Å². The average Bonchev–Trinajstić information content (AvgIpc) is 3.17. The smallest absolute Gasteiger partial charge is 0.257 e. The molecule has 1 aliphatic rings. The predicted molar refractivity (Wildman–Crippen MR) is 121 cm³/mol. The third-order valence-electron chi connectivity index (χ3n) is 4.83. The molecule has 0 fully saturated rings. The van der Waals surface area contributed by atoms with E-state index in [9.17, 15) is 13.2 Å². The van der Waals surface area contributed by atoms with Crippen molar-refractivity contribution in [1.29, 1.82) is 0 Å². The van der Waals surface area contributed by atoms with Crippen LogP contribution in [0.2, 0.25) is 0 Å². The Morgan fingerprint density at radius 3 is 2.09 bits per heavy atom. The molecule has 0 bridgehead atoms. The number of benzene rings is 1. The molecule has 10 heteroatoms. The third-order valence-corrected chi connectivity index (χ3v) is 6.27. The van der Waals surface area contributed by atoms with Gasteiger partial charge in [-0.25, -0.2) is 13.1 Å². The molecule has 0 saturated carbocycles. The standard InChI is InChI=1S/C22H31N3O6S/c1-7-29-17-10-14(11-18(30-8-2)19(17)31-9-3)21(26)23-20-15-12-32(27,28)13-16(15)24-25(20)22(4,5)6/h10-11H,7-9,12-13H2,1-6H3,(H,23,26). The molecule has 9 nitrogen and oxygen atoms in total. The second-order valence-electron chi connectivity index (χ2n) is 8.44. The molecular weight excluding hydrogens is 434 g/mol. The number of aromatic nitrogens is 2. The van der Waals surface area contributed by atoms with Gasteiger partial charge in [0.1, 0.15) is 5.82 Å². The van der Waals surface area contributed by atoms with Crippen LogP contribution in [0, 0.1) is 0 Å². The number of nitrogens with zero attached hydrogens (tertiary/aromatic N) is 2. The van der Waals surface area contributed by atoms with Gasteiger partial charge in [0.05, 0.1) is 42.6 Å². The number of anilines is 1. The normalized spacial score (nSPS) is 14.7. The first-order valence-electron chi connectivity index (χ1n) is 10.7. The number of amides is 1. The molecule has 176 valence electrons. The van der Waals surface area contributed by atoms with E-state index in [4.69, 9.17) is 14.2 Å². The maximum absolute atomic E-state index is 13.3. The zero-order chi connectivity index (χ0) is 23.7. The lowest BCUT2D eigenvalue weighted by Gasteiger charge is -2.23. The molecule has 0 unspecified atom stereocenters. The van der Waals surface area contributed by atoms with E-state index in [1.165, 1.54) is 0 Å². The number of rotatable bonds is 8. The van der Waals surface area contributed by atoms with Gasteiger partial charge in [0.15, 0.2) is 21.3 Å². The molecule has 3 rings (SSSR count). The Kier molecular flexibility index (Phi) is 6.73. The Balaban J connectivity index is 2.04. The summed E-state index contributed by atoms with van der Waals surface area (Å²) in [6.45, 7) is 12.6. The Hall–Kier alpha value is -2.75. The van der Waals surface area contributed by atoms with E-state index in [0.717, 1.165) is 0 Å². The molecule has 1 aliphatic heterocycles. The van der Waals surface area contributed by atoms with E-state index in [1.54, 1.807) is 16.8 Å². The third kappa shape index (κ3) is 4.85. The van der Waals surface area contributed by atoms with E-state index in [1.807, 2.05) is 41.5 Å². The Labute approximate surface area is 189 Å². The van der Waals surface area contributed by atoms with E-state index in [0.29, 0.717) is 59.7 Å². The molecule has 1 aromatic carbocycles. The Morgan fingerprint density at radius 2 is 1.59 bits per heavy atom. The van der Waals surface area contributed by atoms with Gasteiger partial charge < -0.3 is 19.5 Å². The van der Waals surface area contributed by atoms with Gasteiger partial charge in [-0.2, -0.15) is 5.10 Å². The lowest BCUT2D eigenvalue weighted by molar-refractivity contribution is 0.102. The maximum Gasteiger partial charge on any atom is 0.257 e. The van der Waals surface area contributed by atoms with Crippen LogP contribution in [0.4, 0.5) is 5.82 Å². The largest absolute Gasteiger partial charge is 0.490 e. The molecule has 1 amide bonds. The number of hydrogen-bond donors (Lipinski definition) is 1. The highest BCUT2D eigenvalue weighted by Crippen LogP contribution is 2.40. The summed E-state index contributed by atoms with van der Waals surface area (Å²) in [5.74, 6) is 0.951. The Morgan fingerprint density at radius 1 is 1.03 bits per heavy atom. The molecule has 1 aromatic heterocycles. The van der Waals surface area contributed by atoms with Crippen molar-refractivity contribution >= 4 is 21.6 Å². The van der Waals surface area contributed by atoms with Gasteiger partial charge in [-0.05, 0) is 53.7 Å². The minimum absolute atomic E-state index is 0.125. The number of carbonyl (C=O) groups is 1.